The minimum absolute atomic E-state index is 0.0514. The van der Waals surface area contributed by atoms with Gasteiger partial charge in [-0.25, -0.2) is 9.97 Å². The van der Waals surface area contributed by atoms with Gasteiger partial charge < -0.3 is 25.8 Å². The van der Waals surface area contributed by atoms with Crippen LogP contribution in [0.25, 0.3) is 0 Å². The molecule has 10 nitrogen and oxygen atoms in total. The van der Waals surface area contributed by atoms with E-state index in [0.29, 0.717) is 10.8 Å². The van der Waals surface area contributed by atoms with E-state index in [0.717, 1.165) is 35.6 Å². The number of nitrogens with one attached hydrogen (secondary N) is 3. The number of pyridine rings is 1. The molecule has 3 rings (SSSR count). The third kappa shape index (κ3) is 6.53. The molecule has 0 bridgehead atoms. The average molecular weight is 490 g/mol. The van der Waals surface area contributed by atoms with E-state index in [-0.39, 0.29) is 17.4 Å². The van der Waals surface area contributed by atoms with Crippen molar-refractivity contribution in [2.75, 3.05) is 39.5 Å². The number of thiazole rings is 1. The predicted octanol–water partition coefficient (Wildman–Crippen LogP) is 0.577. The van der Waals surface area contributed by atoms with Crippen LogP contribution in [0.5, 0.6) is 0 Å². The summed E-state index contributed by atoms with van der Waals surface area (Å²) in [5.41, 5.74) is 1.89. The van der Waals surface area contributed by atoms with Crippen LogP contribution in [0.4, 0.5) is 5.82 Å². The molecule has 2 aromatic heterocycles. The number of carbonyl (C=O) groups excluding carboxylic acids is 3. The van der Waals surface area contributed by atoms with Crippen LogP contribution in [0.15, 0.2) is 18.3 Å². The van der Waals surface area contributed by atoms with Crippen LogP contribution in [-0.4, -0.2) is 82.8 Å². The fourth-order valence-electron chi connectivity index (χ4n) is 3.14. The third-order valence-electron chi connectivity index (χ3n) is 4.99. The molecule has 1 aliphatic rings. The van der Waals surface area contributed by atoms with Gasteiger partial charge in [-0.3, -0.25) is 14.4 Å². The maximum Gasteiger partial charge on any atom is 0.284 e. The van der Waals surface area contributed by atoms with E-state index in [1.54, 1.807) is 26.4 Å². The number of rotatable bonds is 6. The molecule has 0 saturated heterocycles. The first-order chi connectivity index (χ1) is 15.6. The molecule has 0 radical (unpaired) electrons. The first-order valence-electron chi connectivity index (χ1n) is 10.3. The van der Waals surface area contributed by atoms with Crippen LogP contribution >= 0.6 is 23.6 Å². The highest BCUT2D eigenvalue weighted by Crippen LogP contribution is 2.24. The van der Waals surface area contributed by atoms with Gasteiger partial charge in [0.1, 0.15) is 11.9 Å². The lowest BCUT2D eigenvalue weighted by molar-refractivity contribution is -0.130. The van der Waals surface area contributed by atoms with Crippen molar-refractivity contribution >= 4 is 52.1 Å². The third-order valence-corrected chi connectivity index (χ3v) is 6.40. The Hall–Kier alpha value is -2.96. The SMILES string of the molecule is Cc1ccc(NC(=O)C(=S)NCC(NC(=O)c2nc3c(s2)CN(C)CC3)C(=O)N(C)C)nc1. The summed E-state index contributed by atoms with van der Waals surface area (Å²) in [6.07, 6.45) is 2.42. The number of thiocarbonyl (C=S) groups is 1. The first kappa shape index (κ1) is 24.7. The Balaban J connectivity index is 1.62. The molecule has 3 heterocycles. The Morgan fingerprint density at radius 1 is 1.30 bits per heavy atom. The molecule has 0 aliphatic carbocycles. The van der Waals surface area contributed by atoms with Crippen molar-refractivity contribution in [3.05, 3.63) is 39.5 Å². The largest absolute Gasteiger partial charge is 0.369 e. The lowest BCUT2D eigenvalue weighted by Crippen LogP contribution is -2.53. The Labute approximate surface area is 201 Å². The number of amides is 3. The number of nitrogens with zero attached hydrogens (tertiary/aromatic N) is 4. The summed E-state index contributed by atoms with van der Waals surface area (Å²) in [6, 6.07) is 2.55. The van der Waals surface area contributed by atoms with E-state index in [2.05, 4.69) is 30.8 Å². The monoisotopic (exact) mass is 489 g/mol. The molecule has 3 amide bonds. The topological polar surface area (TPSA) is 120 Å². The second kappa shape index (κ2) is 10.8. The maximum absolute atomic E-state index is 12.8. The normalized spacial score (nSPS) is 14.1. The molecule has 176 valence electrons. The fraction of sp³-hybridized carbons (Fsp3) is 0.429. The Bertz CT molecular complexity index is 1050. The molecule has 1 unspecified atom stereocenters. The zero-order valence-corrected chi connectivity index (χ0v) is 20.6. The van der Waals surface area contributed by atoms with Gasteiger partial charge in [-0.1, -0.05) is 18.3 Å². The van der Waals surface area contributed by atoms with Crippen LogP contribution in [-0.2, 0) is 22.6 Å². The summed E-state index contributed by atoms with van der Waals surface area (Å²) in [7, 11) is 5.20. The van der Waals surface area contributed by atoms with Gasteiger partial charge in [-0.05, 0) is 25.6 Å². The first-order valence-corrected chi connectivity index (χ1v) is 11.6. The Morgan fingerprint density at radius 2 is 2.06 bits per heavy atom. The number of fused-ring (bicyclic) bond motifs is 1. The Morgan fingerprint density at radius 3 is 2.73 bits per heavy atom. The van der Waals surface area contributed by atoms with E-state index in [4.69, 9.17) is 12.2 Å². The standard InChI is InChI=1S/C21H27N7O3S2/c1-12-5-6-16(22-9-12)26-17(29)19(32)23-10-14(21(31)27(2)3)24-18(30)20-25-13-7-8-28(4)11-15(13)33-20/h5-6,9,14H,7-8,10-11H2,1-4H3,(H,23,32)(H,24,30)(H,22,26,29). The lowest BCUT2D eigenvalue weighted by atomic mass is 10.2. The Kier molecular flexibility index (Phi) is 8.06. The highest BCUT2D eigenvalue weighted by molar-refractivity contribution is 7.82. The number of hydrogen-bond acceptors (Lipinski definition) is 8. The van der Waals surface area contributed by atoms with Gasteiger partial charge in [-0.15, -0.1) is 11.3 Å². The molecule has 1 aliphatic heterocycles. The lowest BCUT2D eigenvalue weighted by Gasteiger charge is -2.22. The maximum atomic E-state index is 12.8. The fourth-order valence-corrected chi connectivity index (χ4v) is 4.37. The summed E-state index contributed by atoms with van der Waals surface area (Å²) in [6.45, 7) is 3.48. The molecular formula is C21H27N7O3S2. The van der Waals surface area contributed by atoms with Crippen LogP contribution in [0, 0.1) is 6.92 Å². The van der Waals surface area contributed by atoms with Gasteiger partial charge >= 0.3 is 0 Å². The summed E-state index contributed by atoms with van der Waals surface area (Å²) in [5, 5.41) is 8.40. The van der Waals surface area contributed by atoms with Crippen LogP contribution < -0.4 is 16.0 Å². The van der Waals surface area contributed by atoms with Gasteiger partial charge in [-0.2, -0.15) is 0 Å². The molecule has 0 fully saturated rings. The molecule has 12 heteroatoms. The number of hydrogen-bond donors (Lipinski definition) is 3. The second-order valence-corrected chi connectivity index (χ2v) is 9.51. The van der Waals surface area contributed by atoms with Crippen LogP contribution in [0.1, 0.15) is 25.9 Å². The van der Waals surface area contributed by atoms with Gasteiger partial charge in [0, 0.05) is 51.2 Å². The molecule has 0 aromatic carbocycles. The summed E-state index contributed by atoms with van der Waals surface area (Å²) >= 11 is 6.48. The van der Waals surface area contributed by atoms with E-state index in [1.165, 1.54) is 16.2 Å². The van der Waals surface area contributed by atoms with Crippen LogP contribution in [0.2, 0.25) is 0 Å². The van der Waals surface area contributed by atoms with E-state index in [1.807, 2.05) is 20.0 Å². The second-order valence-electron chi connectivity index (χ2n) is 8.02. The molecule has 0 spiro atoms. The van der Waals surface area contributed by atoms with E-state index < -0.39 is 17.9 Å². The zero-order valence-electron chi connectivity index (χ0n) is 19.0. The molecule has 1 atom stereocenters. The number of aryl methyl sites for hydroxylation is 1. The zero-order chi connectivity index (χ0) is 24.1. The minimum atomic E-state index is -0.931. The van der Waals surface area contributed by atoms with Crippen molar-refractivity contribution in [2.45, 2.75) is 25.9 Å². The molecule has 3 N–H and O–H groups in total. The quantitative estimate of drug-likeness (QED) is 0.504. The van der Waals surface area contributed by atoms with Crippen molar-refractivity contribution in [3.63, 3.8) is 0 Å². The van der Waals surface area contributed by atoms with Crippen LogP contribution in [0.3, 0.4) is 0 Å². The van der Waals surface area contributed by atoms with Crippen molar-refractivity contribution in [3.8, 4) is 0 Å². The molecular weight excluding hydrogens is 462 g/mol. The number of anilines is 1. The van der Waals surface area contributed by atoms with Crippen molar-refractivity contribution < 1.29 is 14.4 Å². The molecule has 33 heavy (non-hydrogen) atoms. The van der Waals surface area contributed by atoms with Crippen molar-refractivity contribution in [2.24, 2.45) is 0 Å². The summed E-state index contributed by atoms with van der Waals surface area (Å²) < 4.78 is 0. The van der Waals surface area contributed by atoms with E-state index >= 15 is 0 Å². The summed E-state index contributed by atoms with van der Waals surface area (Å²) in [4.78, 5) is 50.9. The number of likely N-dealkylation sites (N-methyl/N-ethyl adjacent to an activating group) is 2. The van der Waals surface area contributed by atoms with Gasteiger partial charge in [0.05, 0.1) is 5.69 Å². The number of aromatic nitrogens is 2. The predicted molar refractivity (Wildman–Crippen MR) is 130 cm³/mol. The summed E-state index contributed by atoms with van der Waals surface area (Å²) in [5.74, 6) is -0.957. The van der Waals surface area contributed by atoms with Gasteiger partial charge in [0.2, 0.25) is 5.91 Å². The minimum Gasteiger partial charge on any atom is -0.369 e. The highest BCUT2D eigenvalue weighted by atomic mass is 32.1. The smallest absolute Gasteiger partial charge is 0.284 e. The molecule has 0 saturated carbocycles. The van der Waals surface area contributed by atoms with E-state index in [9.17, 15) is 14.4 Å². The average Bonchev–Trinajstić information content (AvgIpc) is 3.20. The number of carbonyl (C=O) groups is 3. The highest BCUT2D eigenvalue weighted by Gasteiger charge is 2.27. The van der Waals surface area contributed by atoms with Crippen molar-refractivity contribution in [1.29, 1.82) is 0 Å². The van der Waals surface area contributed by atoms with Crippen molar-refractivity contribution in [1.82, 2.24) is 30.4 Å². The van der Waals surface area contributed by atoms with Gasteiger partial charge in [0.25, 0.3) is 11.8 Å². The van der Waals surface area contributed by atoms with Gasteiger partial charge in [0.15, 0.2) is 10.00 Å². The molecule has 2 aromatic rings.